The van der Waals surface area contributed by atoms with Gasteiger partial charge < -0.3 is 19.3 Å². The standard InChI is InChI=1S/C25H32N2O4S/c1-5-12-27(25(29)20-7-8-20)17-24(28)26(16-23-18(2)11-14-32-23)13-10-19-6-9-21(30-3)22(15-19)31-4/h5-6,9,11,14-15,20H,1,7-8,10,12-13,16-17H2,2-4H3. The molecule has 1 aromatic heterocycles. The van der Waals surface area contributed by atoms with Gasteiger partial charge in [0.1, 0.15) is 6.54 Å². The summed E-state index contributed by atoms with van der Waals surface area (Å²) in [5, 5.41) is 2.04. The summed E-state index contributed by atoms with van der Waals surface area (Å²) in [6, 6.07) is 7.88. The predicted molar refractivity (Wildman–Crippen MR) is 127 cm³/mol. The highest BCUT2D eigenvalue weighted by Gasteiger charge is 2.34. The molecule has 3 rings (SSSR count). The topological polar surface area (TPSA) is 59.1 Å². The molecule has 1 aliphatic rings. The van der Waals surface area contributed by atoms with Crippen molar-refractivity contribution in [2.75, 3.05) is 33.9 Å². The van der Waals surface area contributed by atoms with Gasteiger partial charge in [-0.25, -0.2) is 0 Å². The van der Waals surface area contributed by atoms with Crippen molar-refractivity contribution in [2.24, 2.45) is 5.92 Å². The average Bonchev–Trinajstić information content (AvgIpc) is 3.57. The number of nitrogens with zero attached hydrogens (tertiary/aromatic N) is 2. The average molecular weight is 457 g/mol. The number of amides is 2. The summed E-state index contributed by atoms with van der Waals surface area (Å²) in [4.78, 5) is 30.6. The molecule has 1 aliphatic carbocycles. The van der Waals surface area contributed by atoms with Crippen LogP contribution in [0.3, 0.4) is 0 Å². The van der Waals surface area contributed by atoms with E-state index in [4.69, 9.17) is 9.47 Å². The van der Waals surface area contributed by atoms with Gasteiger partial charge in [-0.2, -0.15) is 0 Å². The summed E-state index contributed by atoms with van der Waals surface area (Å²) < 4.78 is 10.7. The number of methoxy groups -OCH3 is 2. The number of carbonyl (C=O) groups excluding carboxylic acids is 2. The van der Waals surface area contributed by atoms with E-state index >= 15 is 0 Å². The Hall–Kier alpha value is -2.80. The molecule has 7 heteroatoms. The highest BCUT2D eigenvalue weighted by Crippen LogP contribution is 2.31. The minimum absolute atomic E-state index is 0.0471. The molecule has 2 amide bonds. The third-order valence-corrected chi connectivity index (χ3v) is 6.70. The number of aryl methyl sites for hydroxylation is 1. The van der Waals surface area contributed by atoms with E-state index in [1.165, 1.54) is 5.56 Å². The fraction of sp³-hybridized carbons (Fsp3) is 0.440. The summed E-state index contributed by atoms with van der Waals surface area (Å²) in [5.41, 5.74) is 2.23. The van der Waals surface area contributed by atoms with Gasteiger partial charge in [0, 0.05) is 23.9 Å². The first-order valence-electron chi connectivity index (χ1n) is 10.9. The second-order valence-corrected chi connectivity index (χ2v) is 9.06. The molecule has 6 nitrogen and oxygen atoms in total. The number of hydrogen-bond donors (Lipinski definition) is 0. The Kier molecular flexibility index (Phi) is 8.33. The Morgan fingerprint density at radius 3 is 2.50 bits per heavy atom. The van der Waals surface area contributed by atoms with Crippen LogP contribution in [0.15, 0.2) is 42.3 Å². The van der Waals surface area contributed by atoms with Gasteiger partial charge in [0.2, 0.25) is 11.8 Å². The smallest absolute Gasteiger partial charge is 0.242 e. The molecule has 1 saturated carbocycles. The first-order valence-corrected chi connectivity index (χ1v) is 11.8. The summed E-state index contributed by atoms with van der Waals surface area (Å²) >= 11 is 1.65. The second kappa shape index (κ2) is 11.2. The minimum Gasteiger partial charge on any atom is -0.493 e. The van der Waals surface area contributed by atoms with Crippen LogP contribution in [0.1, 0.15) is 28.8 Å². The lowest BCUT2D eigenvalue weighted by molar-refractivity contribution is -0.141. The van der Waals surface area contributed by atoms with Gasteiger partial charge in [0.25, 0.3) is 0 Å². The van der Waals surface area contributed by atoms with Gasteiger partial charge in [-0.3, -0.25) is 9.59 Å². The molecule has 1 fully saturated rings. The van der Waals surface area contributed by atoms with Gasteiger partial charge in [0.05, 0.1) is 20.8 Å². The molecule has 32 heavy (non-hydrogen) atoms. The number of thiophene rings is 1. The molecule has 1 aromatic carbocycles. The van der Waals surface area contributed by atoms with Crippen LogP contribution in [0.25, 0.3) is 0 Å². The lowest BCUT2D eigenvalue weighted by atomic mass is 10.1. The van der Waals surface area contributed by atoms with Crippen molar-refractivity contribution in [3.63, 3.8) is 0 Å². The number of carbonyl (C=O) groups is 2. The number of ether oxygens (including phenoxy) is 2. The van der Waals surface area contributed by atoms with Crippen molar-refractivity contribution in [3.05, 3.63) is 58.3 Å². The molecular weight excluding hydrogens is 424 g/mol. The van der Waals surface area contributed by atoms with Crippen LogP contribution in [0, 0.1) is 12.8 Å². The third-order valence-electron chi connectivity index (χ3n) is 5.69. The molecule has 0 unspecified atom stereocenters. The van der Waals surface area contributed by atoms with Crippen LogP contribution in [0.2, 0.25) is 0 Å². The molecule has 0 atom stereocenters. The summed E-state index contributed by atoms with van der Waals surface area (Å²) in [7, 11) is 3.22. The van der Waals surface area contributed by atoms with E-state index < -0.39 is 0 Å². The van der Waals surface area contributed by atoms with E-state index in [0.717, 1.165) is 23.3 Å². The van der Waals surface area contributed by atoms with Crippen molar-refractivity contribution in [1.29, 1.82) is 0 Å². The molecule has 1 heterocycles. The van der Waals surface area contributed by atoms with Gasteiger partial charge in [-0.15, -0.1) is 17.9 Å². The van der Waals surface area contributed by atoms with Crippen LogP contribution >= 0.6 is 11.3 Å². The van der Waals surface area contributed by atoms with Crippen molar-refractivity contribution in [1.82, 2.24) is 9.80 Å². The van der Waals surface area contributed by atoms with Gasteiger partial charge in [-0.05, 0) is 60.9 Å². The fourth-order valence-corrected chi connectivity index (χ4v) is 4.49. The Bertz CT molecular complexity index is 951. The molecule has 0 N–H and O–H groups in total. The van der Waals surface area contributed by atoms with Crippen molar-refractivity contribution >= 4 is 23.2 Å². The molecule has 0 radical (unpaired) electrons. The Morgan fingerprint density at radius 1 is 1.16 bits per heavy atom. The quantitative estimate of drug-likeness (QED) is 0.452. The lowest BCUT2D eigenvalue weighted by Crippen LogP contribution is -2.44. The van der Waals surface area contributed by atoms with Crippen LogP contribution in [-0.2, 0) is 22.6 Å². The second-order valence-electron chi connectivity index (χ2n) is 8.06. The SMILES string of the molecule is C=CCN(CC(=O)N(CCc1ccc(OC)c(OC)c1)Cc1sccc1C)C(=O)C1CC1. The van der Waals surface area contributed by atoms with Crippen LogP contribution in [0.5, 0.6) is 11.5 Å². The maximum atomic E-state index is 13.3. The monoisotopic (exact) mass is 456 g/mol. The number of benzene rings is 1. The predicted octanol–water partition coefficient (Wildman–Crippen LogP) is 4.07. The minimum atomic E-state index is -0.0471. The zero-order valence-electron chi connectivity index (χ0n) is 19.1. The van der Waals surface area contributed by atoms with E-state index in [1.54, 1.807) is 36.5 Å². The van der Waals surface area contributed by atoms with Crippen LogP contribution < -0.4 is 9.47 Å². The fourth-order valence-electron chi connectivity index (χ4n) is 3.57. The van der Waals surface area contributed by atoms with E-state index in [-0.39, 0.29) is 24.3 Å². The molecule has 2 aromatic rings. The van der Waals surface area contributed by atoms with E-state index in [9.17, 15) is 9.59 Å². The van der Waals surface area contributed by atoms with E-state index in [2.05, 4.69) is 19.6 Å². The van der Waals surface area contributed by atoms with Crippen molar-refractivity contribution in [2.45, 2.75) is 32.7 Å². The summed E-state index contributed by atoms with van der Waals surface area (Å²) in [6.45, 7) is 7.37. The van der Waals surface area contributed by atoms with Crippen LogP contribution in [0.4, 0.5) is 0 Å². The molecule has 172 valence electrons. The number of rotatable bonds is 12. The maximum Gasteiger partial charge on any atom is 0.242 e. The molecule has 0 aliphatic heterocycles. The Balaban J connectivity index is 1.73. The highest BCUT2D eigenvalue weighted by atomic mass is 32.1. The number of hydrogen-bond acceptors (Lipinski definition) is 5. The largest absolute Gasteiger partial charge is 0.493 e. The van der Waals surface area contributed by atoms with Gasteiger partial charge in [0.15, 0.2) is 11.5 Å². The molecule has 0 saturated heterocycles. The maximum absolute atomic E-state index is 13.3. The highest BCUT2D eigenvalue weighted by molar-refractivity contribution is 7.10. The molecular formula is C25H32N2O4S. The summed E-state index contributed by atoms with van der Waals surface area (Å²) in [6.07, 6.45) is 4.19. The first kappa shape index (κ1) is 23.9. The molecule has 0 spiro atoms. The summed E-state index contributed by atoms with van der Waals surface area (Å²) in [5.74, 6) is 1.43. The zero-order valence-corrected chi connectivity index (χ0v) is 20.0. The van der Waals surface area contributed by atoms with Gasteiger partial charge in [-0.1, -0.05) is 12.1 Å². The Labute approximate surface area is 194 Å². The lowest BCUT2D eigenvalue weighted by Gasteiger charge is -2.27. The first-order chi connectivity index (χ1) is 15.5. The van der Waals surface area contributed by atoms with Crippen LogP contribution in [-0.4, -0.2) is 55.5 Å². The third kappa shape index (κ3) is 6.13. The molecule has 0 bridgehead atoms. The van der Waals surface area contributed by atoms with Gasteiger partial charge >= 0.3 is 0 Å². The van der Waals surface area contributed by atoms with E-state index in [0.29, 0.717) is 37.6 Å². The zero-order chi connectivity index (χ0) is 23.1. The Morgan fingerprint density at radius 2 is 1.91 bits per heavy atom. The normalized spacial score (nSPS) is 12.8. The van der Waals surface area contributed by atoms with E-state index in [1.807, 2.05) is 28.5 Å². The van der Waals surface area contributed by atoms with Crippen molar-refractivity contribution in [3.8, 4) is 11.5 Å². The van der Waals surface area contributed by atoms with Crippen molar-refractivity contribution < 1.29 is 19.1 Å².